The van der Waals surface area contributed by atoms with Crippen LogP contribution in [0.3, 0.4) is 0 Å². The maximum atomic E-state index is 12.6. The molecule has 7 nitrogen and oxygen atoms in total. The lowest BCUT2D eigenvalue weighted by atomic mass is 10.1. The molecule has 0 bridgehead atoms. The van der Waals surface area contributed by atoms with Crippen LogP contribution in [0, 0.1) is 11.7 Å². The number of rotatable bonds is 7. The lowest BCUT2D eigenvalue weighted by molar-refractivity contribution is -0.117. The minimum absolute atomic E-state index is 0.0939. The summed E-state index contributed by atoms with van der Waals surface area (Å²) in [7, 11) is 1.61. The van der Waals surface area contributed by atoms with Crippen LogP contribution in [-0.4, -0.2) is 45.2 Å². The predicted molar refractivity (Wildman–Crippen MR) is 125 cm³/mol. The number of hydrogen-bond acceptors (Lipinski definition) is 5. The highest BCUT2D eigenvalue weighted by Gasteiger charge is 2.14. The summed E-state index contributed by atoms with van der Waals surface area (Å²) in [5.41, 5.74) is 3.73. The third-order valence-electron chi connectivity index (χ3n) is 5.30. The molecular formula is C23H25N5O2S. The smallest absolute Gasteiger partial charge is 0.238 e. The number of carbonyl (C=O) groups excluding carboxylic acids is 1. The largest absolute Gasteiger partial charge is 0.497 e. The van der Waals surface area contributed by atoms with Crippen molar-refractivity contribution < 1.29 is 9.53 Å². The number of aryl methyl sites for hydroxylation is 1. The summed E-state index contributed by atoms with van der Waals surface area (Å²) in [4.78, 5) is 14.6. The number of likely N-dealkylation sites (N-methyl/N-ethyl adjacent to an activating group) is 1. The average molecular weight is 436 g/mol. The Kier molecular flexibility index (Phi) is 6.01. The second-order valence-electron chi connectivity index (χ2n) is 7.38. The van der Waals surface area contributed by atoms with Crippen molar-refractivity contribution in [1.82, 2.24) is 19.1 Å². The molecule has 4 aromatic rings. The van der Waals surface area contributed by atoms with Gasteiger partial charge in [0.05, 0.1) is 25.8 Å². The number of pyridine rings is 1. The predicted octanol–water partition coefficient (Wildman–Crippen LogP) is 4.25. The van der Waals surface area contributed by atoms with E-state index in [1.165, 1.54) is 0 Å². The monoisotopic (exact) mass is 435 g/mol. The van der Waals surface area contributed by atoms with Crippen LogP contribution in [0.4, 0.5) is 5.69 Å². The first-order chi connectivity index (χ1) is 15.0. The number of para-hydroxylation sites is 1. The molecule has 31 heavy (non-hydrogen) atoms. The molecule has 0 aliphatic heterocycles. The van der Waals surface area contributed by atoms with Crippen LogP contribution >= 0.6 is 12.2 Å². The van der Waals surface area contributed by atoms with E-state index in [-0.39, 0.29) is 12.5 Å². The Morgan fingerprint density at radius 1 is 1.19 bits per heavy atom. The summed E-state index contributed by atoms with van der Waals surface area (Å²) < 4.78 is 9.53. The van der Waals surface area contributed by atoms with Gasteiger partial charge < -0.3 is 10.1 Å². The topological polar surface area (TPSA) is 63.8 Å². The van der Waals surface area contributed by atoms with Crippen LogP contribution in [0.2, 0.25) is 0 Å². The van der Waals surface area contributed by atoms with Gasteiger partial charge in [0.25, 0.3) is 0 Å². The van der Waals surface area contributed by atoms with E-state index >= 15 is 0 Å². The van der Waals surface area contributed by atoms with Crippen molar-refractivity contribution in [1.29, 1.82) is 0 Å². The second-order valence-corrected chi connectivity index (χ2v) is 7.75. The first-order valence-electron chi connectivity index (χ1n) is 10.1. The van der Waals surface area contributed by atoms with E-state index in [0.717, 1.165) is 33.6 Å². The van der Waals surface area contributed by atoms with Gasteiger partial charge in [-0.3, -0.25) is 14.1 Å². The third-order valence-corrected chi connectivity index (χ3v) is 5.70. The van der Waals surface area contributed by atoms with Gasteiger partial charge in [-0.05, 0) is 67.6 Å². The zero-order valence-electron chi connectivity index (χ0n) is 17.8. The Hall–Kier alpha value is -3.23. The molecule has 0 fully saturated rings. The average Bonchev–Trinajstić information content (AvgIpc) is 3.08. The van der Waals surface area contributed by atoms with Crippen LogP contribution in [-0.2, 0) is 11.5 Å². The Labute approximate surface area is 185 Å². The number of amides is 1. The number of hydrogen-bond donors (Lipinski definition) is 1. The van der Waals surface area contributed by atoms with Crippen molar-refractivity contribution in [3.8, 4) is 5.75 Å². The SMILES string of the molecule is CCN(CC(=O)Nc1ccc(OC)cc1)Cn1nc2cc(C)c3ccccc3n2c1=S. The molecule has 2 aromatic heterocycles. The van der Waals surface area contributed by atoms with E-state index in [1.807, 2.05) is 58.7 Å². The van der Waals surface area contributed by atoms with Gasteiger partial charge in [-0.25, -0.2) is 4.68 Å². The standard InChI is InChI=1S/C23H25N5O2S/c1-4-26(14-22(29)24-17-9-11-18(30-3)12-10-17)15-27-23(31)28-20-8-6-5-7-19(20)16(2)13-21(28)25-27/h5-13H,4,14-15H2,1-3H3,(H,24,29). The van der Waals surface area contributed by atoms with Crippen molar-refractivity contribution in [2.24, 2.45) is 0 Å². The van der Waals surface area contributed by atoms with Gasteiger partial charge in [-0.1, -0.05) is 25.1 Å². The van der Waals surface area contributed by atoms with Crippen molar-refractivity contribution in [2.75, 3.05) is 25.5 Å². The van der Waals surface area contributed by atoms with E-state index in [0.29, 0.717) is 18.0 Å². The molecule has 4 rings (SSSR count). The second kappa shape index (κ2) is 8.87. The van der Waals surface area contributed by atoms with Crippen molar-refractivity contribution in [3.05, 3.63) is 64.9 Å². The molecule has 0 saturated heterocycles. The summed E-state index contributed by atoms with van der Waals surface area (Å²) in [6, 6.07) is 17.5. The van der Waals surface area contributed by atoms with Gasteiger partial charge in [0.1, 0.15) is 5.75 Å². The lowest BCUT2D eigenvalue weighted by Gasteiger charge is -2.19. The van der Waals surface area contributed by atoms with Crippen LogP contribution in [0.5, 0.6) is 5.75 Å². The molecule has 0 aliphatic carbocycles. The Balaban J connectivity index is 1.54. The third kappa shape index (κ3) is 4.30. The molecule has 2 heterocycles. The molecule has 160 valence electrons. The lowest BCUT2D eigenvalue weighted by Crippen LogP contribution is -2.35. The normalized spacial score (nSPS) is 11.4. The molecular weight excluding hydrogens is 410 g/mol. The maximum Gasteiger partial charge on any atom is 0.238 e. The first-order valence-corrected chi connectivity index (χ1v) is 10.5. The number of anilines is 1. The number of benzene rings is 2. The fraction of sp³-hybridized carbons (Fsp3) is 0.261. The van der Waals surface area contributed by atoms with Gasteiger partial charge in [-0.15, -0.1) is 0 Å². The summed E-state index contributed by atoms with van der Waals surface area (Å²) in [6.45, 7) is 5.44. The fourth-order valence-electron chi connectivity index (χ4n) is 3.64. The Morgan fingerprint density at radius 2 is 1.94 bits per heavy atom. The van der Waals surface area contributed by atoms with Crippen molar-refractivity contribution in [3.63, 3.8) is 0 Å². The zero-order chi connectivity index (χ0) is 22.0. The highest BCUT2D eigenvalue weighted by Crippen LogP contribution is 2.21. The molecule has 0 unspecified atom stereocenters. The van der Waals surface area contributed by atoms with Gasteiger partial charge in [-0.2, -0.15) is 5.10 Å². The van der Waals surface area contributed by atoms with E-state index < -0.39 is 0 Å². The van der Waals surface area contributed by atoms with E-state index in [4.69, 9.17) is 22.1 Å². The molecule has 8 heteroatoms. The number of fused-ring (bicyclic) bond motifs is 3. The maximum absolute atomic E-state index is 12.6. The summed E-state index contributed by atoms with van der Waals surface area (Å²) >= 11 is 5.73. The molecule has 1 amide bonds. The van der Waals surface area contributed by atoms with Crippen LogP contribution in [0.1, 0.15) is 12.5 Å². The van der Waals surface area contributed by atoms with Crippen molar-refractivity contribution >= 4 is 40.4 Å². The number of nitrogens with one attached hydrogen (secondary N) is 1. The molecule has 2 aromatic carbocycles. The minimum Gasteiger partial charge on any atom is -0.497 e. The van der Waals surface area contributed by atoms with Crippen LogP contribution < -0.4 is 10.1 Å². The molecule has 0 atom stereocenters. The number of aromatic nitrogens is 3. The highest BCUT2D eigenvalue weighted by atomic mass is 32.1. The van der Waals surface area contributed by atoms with E-state index in [9.17, 15) is 4.79 Å². The first kappa shape index (κ1) is 21.0. The molecule has 0 aliphatic rings. The molecule has 0 spiro atoms. The number of nitrogens with zero attached hydrogens (tertiary/aromatic N) is 4. The van der Waals surface area contributed by atoms with E-state index in [1.54, 1.807) is 11.8 Å². The van der Waals surface area contributed by atoms with Crippen LogP contribution in [0.25, 0.3) is 16.6 Å². The minimum atomic E-state index is -0.0939. The summed E-state index contributed by atoms with van der Waals surface area (Å²) in [5.74, 6) is 0.653. The quantitative estimate of drug-likeness (QED) is 0.440. The van der Waals surface area contributed by atoms with Gasteiger partial charge >= 0.3 is 0 Å². The molecule has 1 N–H and O–H groups in total. The van der Waals surface area contributed by atoms with Crippen LogP contribution in [0.15, 0.2) is 54.6 Å². The van der Waals surface area contributed by atoms with Gasteiger partial charge in [0.15, 0.2) is 5.65 Å². The molecule has 0 radical (unpaired) electrons. The zero-order valence-corrected chi connectivity index (χ0v) is 18.6. The van der Waals surface area contributed by atoms with Gasteiger partial charge in [0, 0.05) is 11.1 Å². The Morgan fingerprint density at radius 3 is 2.65 bits per heavy atom. The number of methoxy groups -OCH3 is 1. The van der Waals surface area contributed by atoms with Crippen molar-refractivity contribution in [2.45, 2.75) is 20.5 Å². The highest BCUT2D eigenvalue weighted by molar-refractivity contribution is 7.71. The number of carbonyl (C=O) groups is 1. The Bertz CT molecular complexity index is 1290. The fourth-order valence-corrected chi connectivity index (χ4v) is 3.93. The summed E-state index contributed by atoms with van der Waals surface area (Å²) in [5, 5.41) is 8.78. The molecule has 0 saturated carbocycles. The van der Waals surface area contributed by atoms with Gasteiger partial charge in [0.2, 0.25) is 10.7 Å². The summed E-state index contributed by atoms with van der Waals surface area (Å²) in [6.07, 6.45) is 0. The number of ether oxygens (including phenoxy) is 1. The van der Waals surface area contributed by atoms with E-state index in [2.05, 4.69) is 24.4 Å².